The Labute approximate surface area is 208 Å². The Hall–Kier alpha value is -3.29. The van der Waals surface area contributed by atoms with Crippen LogP contribution in [0.2, 0.25) is 5.02 Å². The predicted molar refractivity (Wildman–Crippen MR) is 137 cm³/mol. The second-order valence-corrected chi connectivity index (χ2v) is 9.36. The molecule has 0 spiro atoms. The summed E-state index contributed by atoms with van der Waals surface area (Å²) in [4.78, 5) is 25.4. The van der Waals surface area contributed by atoms with Crippen molar-refractivity contribution in [1.29, 1.82) is 0 Å². The number of carbonyl (C=O) groups is 2. The fraction of sp³-hybridized carbons (Fsp3) is 0.192. The number of nitrogens with zero attached hydrogens (tertiary/aromatic N) is 1. The van der Waals surface area contributed by atoms with Crippen molar-refractivity contribution in [2.45, 2.75) is 30.0 Å². The van der Waals surface area contributed by atoms with Crippen molar-refractivity contribution in [3.8, 4) is 5.75 Å². The minimum Gasteiger partial charge on any atom is -0.484 e. The zero-order valence-electron chi connectivity index (χ0n) is 18.9. The van der Waals surface area contributed by atoms with Gasteiger partial charge in [-0.2, -0.15) is 5.10 Å². The lowest BCUT2D eigenvalue weighted by Gasteiger charge is -2.14. The monoisotopic (exact) mass is 495 g/mol. The minimum absolute atomic E-state index is 0.0795. The third-order valence-corrected chi connectivity index (χ3v) is 6.18. The van der Waals surface area contributed by atoms with Crippen molar-refractivity contribution in [1.82, 2.24) is 10.7 Å². The largest absolute Gasteiger partial charge is 0.484 e. The third kappa shape index (κ3) is 8.24. The standard InChI is InChI=1S/C26H26ClN3O3S/c1-18(21-6-4-3-5-7-21)29-25(31)17-33-23-12-8-20(9-13-23)16-28-30-26(32)19(2)34-24-14-10-22(27)11-15-24/h3-16,18-19H,17H2,1-2H3,(H,29,31)(H,30,32)/b28-16-/t18-,19-/m1/s1. The molecule has 0 unspecified atom stereocenters. The first-order valence-corrected chi connectivity index (χ1v) is 12.0. The van der Waals surface area contributed by atoms with E-state index >= 15 is 0 Å². The van der Waals surface area contributed by atoms with Gasteiger partial charge in [-0.1, -0.05) is 41.9 Å². The lowest BCUT2D eigenvalue weighted by Crippen LogP contribution is -2.31. The molecule has 0 radical (unpaired) electrons. The topological polar surface area (TPSA) is 79.8 Å². The van der Waals surface area contributed by atoms with Gasteiger partial charge in [-0.05, 0) is 73.5 Å². The Kier molecular flexibility index (Phi) is 9.55. The van der Waals surface area contributed by atoms with Crippen LogP contribution in [-0.2, 0) is 9.59 Å². The summed E-state index contributed by atoms with van der Waals surface area (Å²) in [5, 5.41) is 7.27. The molecule has 0 aliphatic heterocycles. The van der Waals surface area contributed by atoms with Crippen molar-refractivity contribution in [3.05, 3.63) is 95.0 Å². The molecule has 3 aromatic carbocycles. The predicted octanol–water partition coefficient (Wildman–Crippen LogP) is 5.23. The maximum Gasteiger partial charge on any atom is 0.258 e. The number of hydrogen-bond acceptors (Lipinski definition) is 5. The molecule has 3 aromatic rings. The summed E-state index contributed by atoms with van der Waals surface area (Å²) in [5.74, 6) is 0.166. The smallest absolute Gasteiger partial charge is 0.258 e. The van der Waals surface area contributed by atoms with Crippen LogP contribution in [0.5, 0.6) is 5.75 Å². The Morgan fingerprint density at radius 1 is 1.00 bits per heavy atom. The average Bonchev–Trinajstić information content (AvgIpc) is 2.85. The highest BCUT2D eigenvalue weighted by Crippen LogP contribution is 2.24. The first kappa shape index (κ1) is 25.3. The molecule has 0 aliphatic carbocycles. The van der Waals surface area contributed by atoms with E-state index in [0.29, 0.717) is 10.8 Å². The highest BCUT2D eigenvalue weighted by atomic mass is 35.5. The van der Waals surface area contributed by atoms with E-state index in [1.165, 1.54) is 11.8 Å². The van der Waals surface area contributed by atoms with Gasteiger partial charge < -0.3 is 10.1 Å². The number of benzene rings is 3. The number of hydrogen-bond donors (Lipinski definition) is 2. The zero-order chi connectivity index (χ0) is 24.3. The Morgan fingerprint density at radius 3 is 2.35 bits per heavy atom. The Morgan fingerprint density at radius 2 is 1.68 bits per heavy atom. The van der Waals surface area contributed by atoms with Crippen LogP contribution in [0.4, 0.5) is 0 Å². The SMILES string of the molecule is C[C@@H](Sc1ccc(Cl)cc1)C(=O)N/N=C\c1ccc(OCC(=O)N[C@H](C)c2ccccc2)cc1. The van der Waals surface area contributed by atoms with Crippen molar-refractivity contribution in [2.24, 2.45) is 5.10 Å². The van der Waals surface area contributed by atoms with Crippen LogP contribution in [0, 0.1) is 0 Å². The van der Waals surface area contributed by atoms with Crippen molar-refractivity contribution >= 4 is 41.4 Å². The van der Waals surface area contributed by atoms with Gasteiger partial charge in [0.1, 0.15) is 5.75 Å². The van der Waals surface area contributed by atoms with Crippen LogP contribution in [0.25, 0.3) is 0 Å². The second-order valence-electron chi connectivity index (χ2n) is 7.51. The lowest BCUT2D eigenvalue weighted by molar-refractivity contribution is -0.123. The summed E-state index contributed by atoms with van der Waals surface area (Å²) >= 11 is 7.31. The number of ether oxygens (including phenoxy) is 1. The summed E-state index contributed by atoms with van der Waals surface area (Å²) < 4.78 is 5.56. The minimum atomic E-state index is -0.315. The third-order valence-electron chi connectivity index (χ3n) is 4.81. The number of thioether (sulfide) groups is 1. The molecule has 2 N–H and O–H groups in total. The lowest BCUT2D eigenvalue weighted by atomic mass is 10.1. The van der Waals surface area contributed by atoms with Gasteiger partial charge in [0, 0.05) is 9.92 Å². The van der Waals surface area contributed by atoms with E-state index in [0.717, 1.165) is 16.0 Å². The molecular formula is C26H26ClN3O3S. The number of nitrogens with one attached hydrogen (secondary N) is 2. The number of halogens is 1. The first-order valence-electron chi connectivity index (χ1n) is 10.7. The van der Waals surface area contributed by atoms with E-state index < -0.39 is 0 Å². The molecule has 0 aromatic heterocycles. The Bertz CT molecular complexity index is 1110. The van der Waals surface area contributed by atoms with Gasteiger partial charge in [-0.25, -0.2) is 5.43 Å². The molecule has 34 heavy (non-hydrogen) atoms. The fourth-order valence-corrected chi connectivity index (χ4v) is 3.93. The van der Waals surface area contributed by atoms with Crippen LogP contribution < -0.4 is 15.5 Å². The zero-order valence-corrected chi connectivity index (χ0v) is 20.5. The highest BCUT2D eigenvalue weighted by molar-refractivity contribution is 8.00. The van der Waals surface area contributed by atoms with E-state index in [2.05, 4.69) is 15.8 Å². The molecule has 0 saturated heterocycles. The Balaban J connectivity index is 1.41. The molecule has 2 atom stereocenters. The maximum absolute atomic E-state index is 12.2. The molecule has 8 heteroatoms. The molecule has 176 valence electrons. The average molecular weight is 496 g/mol. The van der Waals surface area contributed by atoms with Crippen LogP contribution in [0.3, 0.4) is 0 Å². The van der Waals surface area contributed by atoms with Crippen LogP contribution in [-0.4, -0.2) is 29.9 Å². The van der Waals surface area contributed by atoms with E-state index in [9.17, 15) is 9.59 Å². The van der Waals surface area contributed by atoms with Gasteiger partial charge in [0.05, 0.1) is 17.5 Å². The maximum atomic E-state index is 12.2. The van der Waals surface area contributed by atoms with Crippen LogP contribution in [0.1, 0.15) is 31.0 Å². The molecule has 3 rings (SSSR count). The van der Waals surface area contributed by atoms with Crippen molar-refractivity contribution in [3.63, 3.8) is 0 Å². The highest BCUT2D eigenvalue weighted by Gasteiger charge is 2.13. The van der Waals surface area contributed by atoms with Gasteiger partial charge in [-0.3, -0.25) is 9.59 Å². The molecule has 0 fully saturated rings. The van der Waals surface area contributed by atoms with Gasteiger partial charge in [0.15, 0.2) is 6.61 Å². The summed E-state index contributed by atoms with van der Waals surface area (Å²) in [6.45, 7) is 3.66. The number of hydrazone groups is 1. The van der Waals surface area contributed by atoms with E-state index in [1.54, 1.807) is 42.6 Å². The van der Waals surface area contributed by atoms with E-state index in [4.69, 9.17) is 16.3 Å². The van der Waals surface area contributed by atoms with Crippen LogP contribution in [0.15, 0.2) is 88.9 Å². The summed E-state index contributed by atoms with van der Waals surface area (Å²) in [5.41, 5.74) is 4.37. The first-order chi connectivity index (χ1) is 16.4. The molecule has 6 nitrogen and oxygen atoms in total. The van der Waals surface area contributed by atoms with E-state index in [1.807, 2.05) is 56.3 Å². The molecule has 0 heterocycles. The fourth-order valence-electron chi connectivity index (χ4n) is 2.94. The summed E-state index contributed by atoms with van der Waals surface area (Å²) in [6, 6.07) is 24.0. The quantitative estimate of drug-likeness (QED) is 0.229. The van der Waals surface area contributed by atoms with Crippen LogP contribution >= 0.6 is 23.4 Å². The molecule has 0 bridgehead atoms. The van der Waals surface area contributed by atoms with Gasteiger partial charge in [0.25, 0.3) is 11.8 Å². The molecular weight excluding hydrogens is 470 g/mol. The van der Waals surface area contributed by atoms with Gasteiger partial charge in [-0.15, -0.1) is 11.8 Å². The summed E-state index contributed by atoms with van der Waals surface area (Å²) in [6.07, 6.45) is 1.55. The molecule has 0 aliphatic rings. The normalized spacial score (nSPS) is 12.7. The number of rotatable bonds is 10. The number of carbonyl (C=O) groups excluding carboxylic acids is 2. The molecule has 2 amide bonds. The van der Waals surface area contributed by atoms with Gasteiger partial charge >= 0.3 is 0 Å². The van der Waals surface area contributed by atoms with Crippen molar-refractivity contribution in [2.75, 3.05) is 6.61 Å². The van der Waals surface area contributed by atoms with Crippen molar-refractivity contribution < 1.29 is 14.3 Å². The van der Waals surface area contributed by atoms with E-state index in [-0.39, 0.29) is 29.7 Å². The molecule has 0 saturated carbocycles. The van der Waals surface area contributed by atoms with Gasteiger partial charge in [0.2, 0.25) is 0 Å². The second kappa shape index (κ2) is 12.8. The number of amides is 2. The summed E-state index contributed by atoms with van der Waals surface area (Å²) in [7, 11) is 0.